The Morgan fingerprint density at radius 3 is 2.10 bits per heavy atom. The van der Waals surface area contributed by atoms with E-state index in [1.807, 2.05) is 12.1 Å². The quantitative estimate of drug-likeness (QED) is 0.620. The molecule has 1 aromatic carbocycles. The molecule has 0 bridgehead atoms. The monoisotopic (exact) mass is 311 g/mol. The van der Waals surface area contributed by atoms with E-state index in [1.165, 1.54) is 24.8 Å². The lowest BCUT2D eigenvalue weighted by molar-refractivity contribution is 0.571. The average molecular weight is 311 g/mol. The number of hydrogen-bond acceptors (Lipinski definition) is 2. The molecule has 0 unspecified atom stereocenters. The minimum absolute atomic E-state index is 0.372. The van der Waals surface area contributed by atoms with Gasteiger partial charge in [0.1, 0.15) is 0 Å². The fourth-order valence-corrected chi connectivity index (χ4v) is 3.31. The maximum Gasteiger partial charge on any atom is 0.240 e. The first-order chi connectivity index (χ1) is 10.1. The Morgan fingerprint density at radius 2 is 1.48 bits per heavy atom. The van der Waals surface area contributed by atoms with E-state index in [0.717, 1.165) is 32.1 Å². The highest BCUT2D eigenvalue weighted by Crippen LogP contribution is 2.12. The van der Waals surface area contributed by atoms with Crippen molar-refractivity contribution in [1.29, 1.82) is 0 Å². The predicted octanol–water partition coefficient (Wildman–Crippen LogP) is 4.28. The van der Waals surface area contributed by atoms with E-state index in [0.29, 0.717) is 11.4 Å². The molecule has 0 saturated carbocycles. The summed E-state index contributed by atoms with van der Waals surface area (Å²) in [7, 11) is -3.34. The molecule has 1 rings (SSSR count). The second kappa shape index (κ2) is 9.96. The van der Waals surface area contributed by atoms with Crippen molar-refractivity contribution in [3.05, 3.63) is 29.8 Å². The Kier molecular flexibility index (Phi) is 8.62. The summed E-state index contributed by atoms with van der Waals surface area (Å²) in [4.78, 5) is 0.372. The molecule has 0 aliphatic carbocycles. The lowest BCUT2D eigenvalue weighted by Gasteiger charge is -2.07. The van der Waals surface area contributed by atoms with E-state index >= 15 is 0 Å². The fraction of sp³-hybridized carbons (Fsp3) is 0.647. The first-order valence-corrected chi connectivity index (χ1v) is 9.67. The van der Waals surface area contributed by atoms with E-state index in [9.17, 15) is 8.42 Å². The summed E-state index contributed by atoms with van der Waals surface area (Å²) in [6.45, 7) is 4.86. The topological polar surface area (TPSA) is 46.2 Å². The first kappa shape index (κ1) is 18.2. The van der Waals surface area contributed by atoms with Gasteiger partial charge in [0, 0.05) is 6.54 Å². The van der Waals surface area contributed by atoms with Gasteiger partial charge in [-0.05, 0) is 37.0 Å². The summed E-state index contributed by atoms with van der Waals surface area (Å²) in [5.74, 6) is 0. The number of rotatable bonds is 11. The highest BCUT2D eigenvalue weighted by Gasteiger charge is 2.12. The molecule has 0 amide bonds. The smallest absolute Gasteiger partial charge is 0.211 e. The number of benzene rings is 1. The molecule has 0 aromatic heterocycles. The van der Waals surface area contributed by atoms with Crippen molar-refractivity contribution in [1.82, 2.24) is 4.72 Å². The summed E-state index contributed by atoms with van der Waals surface area (Å²) in [6, 6.07) is 7.27. The van der Waals surface area contributed by atoms with E-state index in [-0.39, 0.29) is 0 Å². The van der Waals surface area contributed by atoms with Gasteiger partial charge in [0.05, 0.1) is 4.90 Å². The Labute approximate surface area is 130 Å². The van der Waals surface area contributed by atoms with Crippen molar-refractivity contribution in [3.63, 3.8) is 0 Å². The van der Waals surface area contributed by atoms with E-state index in [1.54, 1.807) is 12.1 Å². The van der Waals surface area contributed by atoms with Crippen molar-refractivity contribution in [2.75, 3.05) is 6.54 Å². The number of aryl methyl sites for hydroxylation is 1. The fourth-order valence-electron chi connectivity index (χ4n) is 2.23. The zero-order chi connectivity index (χ0) is 15.6. The molecule has 120 valence electrons. The SMILES string of the molecule is CCCCCCCNS(=O)(=O)c1ccc(CCCC)cc1. The lowest BCUT2D eigenvalue weighted by Crippen LogP contribution is -2.24. The summed E-state index contributed by atoms with van der Waals surface area (Å²) < 4.78 is 27.0. The standard InChI is InChI=1S/C17H29NO2S/c1-3-5-7-8-9-15-18-21(19,20)17-13-11-16(12-14-17)10-6-4-2/h11-14,18H,3-10,15H2,1-2H3. The molecule has 0 atom stereocenters. The summed E-state index contributed by atoms with van der Waals surface area (Å²) in [5.41, 5.74) is 1.20. The van der Waals surface area contributed by atoms with Crippen molar-refractivity contribution < 1.29 is 8.42 Å². The lowest BCUT2D eigenvalue weighted by atomic mass is 10.1. The van der Waals surface area contributed by atoms with E-state index in [4.69, 9.17) is 0 Å². The van der Waals surface area contributed by atoms with E-state index < -0.39 is 10.0 Å². The van der Waals surface area contributed by atoms with Crippen LogP contribution in [0.1, 0.15) is 64.4 Å². The van der Waals surface area contributed by atoms with Crippen molar-refractivity contribution >= 4 is 10.0 Å². The van der Waals surface area contributed by atoms with Crippen LogP contribution in [-0.4, -0.2) is 15.0 Å². The highest BCUT2D eigenvalue weighted by molar-refractivity contribution is 7.89. The molecule has 1 aromatic rings. The van der Waals surface area contributed by atoms with Gasteiger partial charge in [0.2, 0.25) is 10.0 Å². The molecule has 0 aliphatic heterocycles. The largest absolute Gasteiger partial charge is 0.240 e. The molecule has 3 nitrogen and oxygen atoms in total. The third-order valence-electron chi connectivity index (χ3n) is 3.63. The van der Waals surface area contributed by atoms with Crippen molar-refractivity contribution in [3.8, 4) is 0 Å². The van der Waals surface area contributed by atoms with Gasteiger partial charge in [-0.3, -0.25) is 0 Å². The number of sulfonamides is 1. The molecule has 0 heterocycles. The van der Waals surface area contributed by atoms with Gasteiger partial charge in [-0.1, -0.05) is 58.1 Å². The van der Waals surface area contributed by atoms with Crippen molar-refractivity contribution in [2.24, 2.45) is 0 Å². The summed E-state index contributed by atoms with van der Waals surface area (Å²) >= 11 is 0. The van der Waals surface area contributed by atoms with Crippen LogP contribution in [0, 0.1) is 0 Å². The van der Waals surface area contributed by atoms with Gasteiger partial charge >= 0.3 is 0 Å². The van der Waals surface area contributed by atoms with Gasteiger partial charge < -0.3 is 0 Å². The van der Waals surface area contributed by atoms with Crippen LogP contribution in [0.3, 0.4) is 0 Å². The normalized spacial score (nSPS) is 11.7. The van der Waals surface area contributed by atoms with Gasteiger partial charge in [-0.15, -0.1) is 0 Å². The Balaban J connectivity index is 2.42. The number of hydrogen-bond donors (Lipinski definition) is 1. The van der Waals surface area contributed by atoms with Crippen LogP contribution in [0.25, 0.3) is 0 Å². The van der Waals surface area contributed by atoms with Gasteiger partial charge in [0.25, 0.3) is 0 Å². The maximum absolute atomic E-state index is 12.1. The van der Waals surface area contributed by atoms with Crippen LogP contribution in [0.4, 0.5) is 0 Å². The Hall–Kier alpha value is -0.870. The van der Waals surface area contributed by atoms with Gasteiger partial charge in [0.15, 0.2) is 0 Å². The van der Waals surface area contributed by atoms with Crippen LogP contribution in [0.2, 0.25) is 0 Å². The molecular weight excluding hydrogens is 282 g/mol. The molecule has 0 fully saturated rings. The average Bonchev–Trinajstić information content (AvgIpc) is 2.49. The van der Waals surface area contributed by atoms with Crippen LogP contribution < -0.4 is 4.72 Å². The maximum atomic E-state index is 12.1. The zero-order valence-electron chi connectivity index (χ0n) is 13.4. The third kappa shape index (κ3) is 7.09. The molecule has 21 heavy (non-hydrogen) atoms. The summed E-state index contributed by atoms with van der Waals surface area (Å²) in [5, 5.41) is 0. The minimum Gasteiger partial charge on any atom is -0.211 e. The molecule has 4 heteroatoms. The molecule has 0 radical (unpaired) electrons. The second-order valence-electron chi connectivity index (χ2n) is 5.56. The zero-order valence-corrected chi connectivity index (χ0v) is 14.2. The van der Waals surface area contributed by atoms with Crippen LogP contribution in [0.15, 0.2) is 29.2 Å². The van der Waals surface area contributed by atoms with Gasteiger partial charge in [-0.25, -0.2) is 13.1 Å². The molecule has 1 N–H and O–H groups in total. The third-order valence-corrected chi connectivity index (χ3v) is 5.10. The van der Waals surface area contributed by atoms with Gasteiger partial charge in [-0.2, -0.15) is 0 Å². The number of nitrogens with one attached hydrogen (secondary N) is 1. The summed E-state index contributed by atoms with van der Waals surface area (Å²) in [6.07, 6.45) is 8.93. The van der Waals surface area contributed by atoms with Crippen LogP contribution >= 0.6 is 0 Å². The highest BCUT2D eigenvalue weighted by atomic mass is 32.2. The van der Waals surface area contributed by atoms with Crippen LogP contribution in [0.5, 0.6) is 0 Å². The molecule has 0 saturated heterocycles. The predicted molar refractivity (Wildman–Crippen MR) is 89.0 cm³/mol. The molecule has 0 spiro atoms. The van der Waals surface area contributed by atoms with Crippen LogP contribution in [-0.2, 0) is 16.4 Å². The Bertz CT molecular complexity index is 480. The molecule has 0 aliphatic rings. The number of unbranched alkanes of at least 4 members (excludes halogenated alkanes) is 5. The Morgan fingerprint density at radius 1 is 0.857 bits per heavy atom. The first-order valence-electron chi connectivity index (χ1n) is 8.18. The second-order valence-corrected chi connectivity index (χ2v) is 7.33. The van der Waals surface area contributed by atoms with E-state index in [2.05, 4.69) is 18.6 Å². The molecular formula is C17H29NO2S. The van der Waals surface area contributed by atoms with Crippen molar-refractivity contribution in [2.45, 2.75) is 70.1 Å². The minimum atomic E-state index is -3.34.